The van der Waals surface area contributed by atoms with E-state index in [1.807, 2.05) is 22.6 Å². The highest BCUT2D eigenvalue weighted by atomic mass is 127. The molecule has 82 valence electrons. The van der Waals surface area contributed by atoms with Crippen molar-refractivity contribution in [1.29, 1.82) is 0 Å². The molecule has 0 aliphatic heterocycles. The van der Waals surface area contributed by atoms with Gasteiger partial charge in [0.25, 0.3) is 5.69 Å². The van der Waals surface area contributed by atoms with E-state index in [1.165, 1.54) is 12.1 Å². The predicted octanol–water partition coefficient (Wildman–Crippen LogP) is 2.05. The third-order valence-corrected chi connectivity index (χ3v) is 3.11. The minimum absolute atomic E-state index is 0.0633. The van der Waals surface area contributed by atoms with E-state index < -0.39 is 4.92 Å². The van der Waals surface area contributed by atoms with Crippen molar-refractivity contribution in [2.24, 2.45) is 7.05 Å². The molecule has 0 saturated heterocycles. The Hall–Kier alpha value is -1.44. The average Bonchev–Trinajstić information content (AvgIpc) is 2.25. The molecule has 0 atom stereocenters. The van der Waals surface area contributed by atoms with Gasteiger partial charge in [-0.2, -0.15) is 0 Å². The lowest BCUT2D eigenvalue weighted by Crippen LogP contribution is -2.10. The highest BCUT2D eigenvalue weighted by molar-refractivity contribution is 14.1. The maximum absolute atomic E-state index is 11.8. The molecule has 16 heavy (non-hydrogen) atoms. The summed E-state index contributed by atoms with van der Waals surface area (Å²) < 4.78 is 2.33. The smallest absolute Gasteiger partial charge is 0.270 e. The van der Waals surface area contributed by atoms with Crippen LogP contribution in [0, 0.1) is 13.7 Å². The zero-order valence-electron chi connectivity index (χ0n) is 8.31. The minimum atomic E-state index is -0.501. The van der Waals surface area contributed by atoms with E-state index in [0.717, 1.165) is 0 Å². The first kappa shape index (κ1) is 11.1. The van der Waals surface area contributed by atoms with Gasteiger partial charge < -0.3 is 4.57 Å². The summed E-state index contributed by atoms with van der Waals surface area (Å²) in [7, 11) is 1.80. The van der Waals surface area contributed by atoms with Gasteiger partial charge >= 0.3 is 0 Å². The number of hydrogen-bond donors (Lipinski definition) is 0. The van der Waals surface area contributed by atoms with Crippen LogP contribution in [0.1, 0.15) is 0 Å². The van der Waals surface area contributed by atoms with Crippen molar-refractivity contribution in [2.45, 2.75) is 0 Å². The van der Waals surface area contributed by atoms with Crippen LogP contribution >= 0.6 is 22.6 Å². The molecule has 2 rings (SSSR count). The summed E-state index contributed by atoms with van der Waals surface area (Å²) in [5.74, 6) is 0. The van der Waals surface area contributed by atoms with Crippen LogP contribution < -0.4 is 5.43 Å². The lowest BCUT2D eigenvalue weighted by Gasteiger charge is -2.05. The first-order chi connectivity index (χ1) is 7.50. The normalized spacial score (nSPS) is 10.6. The van der Waals surface area contributed by atoms with E-state index in [-0.39, 0.29) is 11.1 Å². The fraction of sp³-hybridized carbons (Fsp3) is 0.100. The highest BCUT2D eigenvalue weighted by Gasteiger charge is 2.11. The Bertz CT molecular complexity index is 648. The largest absolute Gasteiger partial charge is 0.349 e. The second-order valence-corrected chi connectivity index (χ2v) is 4.54. The number of aryl methyl sites for hydroxylation is 1. The van der Waals surface area contributed by atoms with E-state index in [9.17, 15) is 14.9 Å². The number of benzene rings is 1. The molecule has 0 unspecified atom stereocenters. The third-order valence-electron chi connectivity index (χ3n) is 2.34. The molecule has 6 heteroatoms. The molecule has 1 aromatic heterocycles. The van der Waals surface area contributed by atoms with Crippen molar-refractivity contribution >= 4 is 39.2 Å². The lowest BCUT2D eigenvalue weighted by atomic mass is 10.2. The summed E-state index contributed by atoms with van der Waals surface area (Å²) in [5.41, 5.74) is 0.458. The molecule has 0 N–H and O–H groups in total. The van der Waals surface area contributed by atoms with Crippen molar-refractivity contribution in [3.8, 4) is 0 Å². The molecular weight excluding hydrogens is 323 g/mol. The van der Waals surface area contributed by atoms with Crippen LogP contribution in [0.3, 0.4) is 0 Å². The van der Waals surface area contributed by atoms with Crippen LogP contribution in [-0.4, -0.2) is 9.49 Å². The second-order valence-electron chi connectivity index (χ2n) is 3.38. The van der Waals surface area contributed by atoms with Gasteiger partial charge in [-0.3, -0.25) is 14.9 Å². The first-order valence-electron chi connectivity index (χ1n) is 4.44. The molecule has 5 nitrogen and oxygen atoms in total. The number of non-ortho nitro benzene ring substituents is 1. The monoisotopic (exact) mass is 330 g/mol. The van der Waals surface area contributed by atoms with Gasteiger partial charge in [0.1, 0.15) is 0 Å². The molecule has 1 aromatic carbocycles. The molecule has 0 aliphatic carbocycles. The summed E-state index contributed by atoms with van der Waals surface area (Å²) in [6.07, 6.45) is 1.71. The van der Waals surface area contributed by atoms with E-state index >= 15 is 0 Å². The molecule has 0 amide bonds. The lowest BCUT2D eigenvalue weighted by molar-refractivity contribution is -0.384. The van der Waals surface area contributed by atoms with Crippen LogP contribution in [0.4, 0.5) is 5.69 Å². The number of nitro benzene ring substituents is 1. The highest BCUT2D eigenvalue weighted by Crippen LogP contribution is 2.18. The molecule has 0 aliphatic rings. The van der Waals surface area contributed by atoms with Crippen molar-refractivity contribution in [3.05, 3.63) is 48.3 Å². The van der Waals surface area contributed by atoms with Crippen LogP contribution in [0.2, 0.25) is 0 Å². The second kappa shape index (κ2) is 3.85. The molecule has 0 fully saturated rings. The van der Waals surface area contributed by atoms with E-state index in [0.29, 0.717) is 14.5 Å². The molecule has 0 bridgehead atoms. The van der Waals surface area contributed by atoms with Gasteiger partial charge in [-0.15, -0.1) is 0 Å². The summed E-state index contributed by atoms with van der Waals surface area (Å²) >= 11 is 1.92. The number of rotatable bonds is 1. The van der Waals surface area contributed by atoms with Crippen molar-refractivity contribution < 1.29 is 4.92 Å². The number of halogens is 1. The summed E-state index contributed by atoms with van der Waals surface area (Å²) in [6.45, 7) is 0. The maximum atomic E-state index is 11.8. The van der Waals surface area contributed by atoms with Gasteiger partial charge in [0.2, 0.25) is 5.43 Å². The van der Waals surface area contributed by atoms with Crippen LogP contribution in [0.5, 0.6) is 0 Å². The molecule has 0 radical (unpaired) electrons. The summed E-state index contributed by atoms with van der Waals surface area (Å²) in [6, 6.07) is 4.30. The van der Waals surface area contributed by atoms with E-state index in [1.54, 1.807) is 23.9 Å². The quantitative estimate of drug-likeness (QED) is 0.457. The average molecular weight is 330 g/mol. The van der Waals surface area contributed by atoms with Gasteiger partial charge in [0, 0.05) is 25.4 Å². The Morgan fingerprint density at radius 2 is 2.12 bits per heavy atom. The molecule has 0 spiro atoms. The van der Waals surface area contributed by atoms with Crippen molar-refractivity contribution in [1.82, 2.24) is 4.57 Å². The zero-order chi connectivity index (χ0) is 11.9. The number of hydrogen-bond acceptors (Lipinski definition) is 3. The first-order valence-corrected chi connectivity index (χ1v) is 5.52. The Balaban J connectivity index is 2.92. The molecular formula is C10H7IN2O3. The Morgan fingerprint density at radius 1 is 1.44 bits per heavy atom. The van der Waals surface area contributed by atoms with Gasteiger partial charge in [0.15, 0.2) is 0 Å². The minimum Gasteiger partial charge on any atom is -0.349 e. The Labute approximate surface area is 104 Å². The van der Waals surface area contributed by atoms with Crippen molar-refractivity contribution in [3.63, 3.8) is 0 Å². The Morgan fingerprint density at radius 3 is 2.75 bits per heavy atom. The SMILES string of the molecule is Cn1cc(I)c(=O)c2cc([N+](=O)[O-])ccc21. The number of aromatic nitrogens is 1. The number of fused-ring (bicyclic) bond motifs is 1. The molecule has 2 aromatic rings. The van der Waals surface area contributed by atoms with E-state index in [2.05, 4.69) is 0 Å². The van der Waals surface area contributed by atoms with Crippen LogP contribution in [0.15, 0.2) is 29.2 Å². The Kier molecular flexibility index (Phi) is 2.66. The molecule has 0 saturated carbocycles. The van der Waals surface area contributed by atoms with Crippen LogP contribution in [-0.2, 0) is 7.05 Å². The standard InChI is InChI=1S/C10H7IN2O3/c1-12-5-8(11)10(14)7-4-6(13(15)16)2-3-9(7)12/h2-5H,1H3. The number of nitrogens with zero attached hydrogens (tertiary/aromatic N) is 2. The zero-order valence-corrected chi connectivity index (χ0v) is 10.5. The van der Waals surface area contributed by atoms with Gasteiger partial charge in [-0.1, -0.05) is 0 Å². The van der Waals surface area contributed by atoms with E-state index in [4.69, 9.17) is 0 Å². The predicted molar refractivity (Wildman–Crippen MR) is 68.6 cm³/mol. The summed E-state index contributed by atoms with van der Waals surface area (Å²) in [4.78, 5) is 21.9. The number of pyridine rings is 1. The van der Waals surface area contributed by atoms with Gasteiger partial charge in [-0.25, -0.2) is 0 Å². The van der Waals surface area contributed by atoms with Gasteiger partial charge in [-0.05, 0) is 28.7 Å². The fourth-order valence-corrected chi connectivity index (χ4v) is 2.26. The summed E-state index contributed by atoms with van der Waals surface area (Å²) in [5, 5.41) is 11.0. The molecule has 1 heterocycles. The van der Waals surface area contributed by atoms with Gasteiger partial charge in [0.05, 0.1) is 19.4 Å². The third kappa shape index (κ3) is 1.69. The van der Waals surface area contributed by atoms with Crippen molar-refractivity contribution in [2.75, 3.05) is 0 Å². The van der Waals surface area contributed by atoms with Crippen LogP contribution in [0.25, 0.3) is 10.9 Å². The maximum Gasteiger partial charge on any atom is 0.270 e. The fourth-order valence-electron chi connectivity index (χ4n) is 1.55. The topological polar surface area (TPSA) is 65.1 Å². The number of nitro groups is 1.